The van der Waals surface area contributed by atoms with Crippen LogP contribution in [-0.4, -0.2) is 29.3 Å². The van der Waals surface area contributed by atoms with Gasteiger partial charge in [-0.2, -0.15) is 0 Å². The maximum atomic E-state index is 12.8. The summed E-state index contributed by atoms with van der Waals surface area (Å²) < 4.78 is 0. The number of rotatable bonds is 4. The monoisotopic (exact) mass is 425 g/mol. The second-order valence-corrected chi connectivity index (χ2v) is 7.41. The Balaban J connectivity index is 1.75. The largest absolute Gasteiger partial charge is 0.325 e. The van der Waals surface area contributed by atoms with E-state index in [1.807, 2.05) is 0 Å². The van der Waals surface area contributed by atoms with Gasteiger partial charge in [-0.15, -0.1) is 0 Å². The van der Waals surface area contributed by atoms with Crippen LogP contribution in [0, 0.1) is 0 Å². The van der Waals surface area contributed by atoms with Crippen LogP contribution >= 0.6 is 34.8 Å². The molecule has 0 radical (unpaired) electrons. The molecule has 0 aliphatic carbocycles. The van der Waals surface area contributed by atoms with Gasteiger partial charge in [0.1, 0.15) is 12.1 Å². The highest BCUT2D eigenvalue weighted by molar-refractivity contribution is 6.36. The number of nitrogens with one attached hydrogen (secondary N) is 2. The first-order chi connectivity index (χ1) is 12.7. The van der Waals surface area contributed by atoms with Crippen molar-refractivity contribution in [2.75, 3.05) is 11.9 Å². The van der Waals surface area contributed by atoms with Gasteiger partial charge >= 0.3 is 6.03 Å². The van der Waals surface area contributed by atoms with Gasteiger partial charge in [-0.3, -0.25) is 14.5 Å². The molecular weight excluding hydrogens is 413 g/mol. The summed E-state index contributed by atoms with van der Waals surface area (Å²) >= 11 is 17.7. The fourth-order valence-corrected chi connectivity index (χ4v) is 3.33. The Kier molecular flexibility index (Phi) is 5.33. The molecule has 0 bridgehead atoms. The van der Waals surface area contributed by atoms with Crippen LogP contribution < -0.4 is 10.6 Å². The predicted octanol–water partition coefficient (Wildman–Crippen LogP) is 4.05. The number of carbonyl (C=O) groups is 3. The fraction of sp³-hybridized carbons (Fsp3) is 0.167. The molecule has 140 valence electrons. The molecule has 4 amide bonds. The van der Waals surface area contributed by atoms with Gasteiger partial charge in [0, 0.05) is 10.0 Å². The summed E-state index contributed by atoms with van der Waals surface area (Å²) in [7, 11) is 0. The number of carbonyl (C=O) groups excluding carboxylic acids is 3. The first-order valence-corrected chi connectivity index (χ1v) is 8.99. The summed E-state index contributed by atoms with van der Waals surface area (Å²) in [5, 5.41) is 6.36. The third-order valence-corrected chi connectivity index (χ3v) is 5.00. The van der Waals surface area contributed by atoms with E-state index in [1.54, 1.807) is 37.3 Å². The Morgan fingerprint density at radius 1 is 1.07 bits per heavy atom. The van der Waals surface area contributed by atoms with Crippen LogP contribution in [0.3, 0.4) is 0 Å². The van der Waals surface area contributed by atoms with Gasteiger partial charge in [0.05, 0.1) is 10.7 Å². The number of hydrogen-bond donors (Lipinski definition) is 2. The molecule has 3 rings (SSSR count). The van der Waals surface area contributed by atoms with Crippen molar-refractivity contribution in [1.82, 2.24) is 10.2 Å². The van der Waals surface area contributed by atoms with Gasteiger partial charge in [0.15, 0.2) is 0 Å². The normalized spacial score (nSPS) is 19.2. The summed E-state index contributed by atoms with van der Waals surface area (Å²) in [4.78, 5) is 38.2. The third-order valence-electron chi connectivity index (χ3n) is 4.20. The van der Waals surface area contributed by atoms with Crippen LogP contribution in [0.1, 0.15) is 12.5 Å². The second-order valence-electron chi connectivity index (χ2n) is 6.13. The maximum absolute atomic E-state index is 12.8. The molecule has 0 spiro atoms. The highest BCUT2D eigenvalue weighted by Crippen LogP contribution is 2.30. The Hall–Kier alpha value is -2.28. The van der Waals surface area contributed by atoms with Crippen molar-refractivity contribution in [3.63, 3.8) is 0 Å². The number of amides is 4. The molecule has 2 N–H and O–H groups in total. The molecule has 6 nitrogen and oxygen atoms in total. The summed E-state index contributed by atoms with van der Waals surface area (Å²) in [5.41, 5.74) is -0.382. The number of imide groups is 1. The lowest BCUT2D eigenvalue weighted by Crippen LogP contribution is -2.42. The minimum atomic E-state index is -1.28. The molecule has 1 fully saturated rings. The number of nitrogens with zero attached hydrogens (tertiary/aromatic N) is 1. The van der Waals surface area contributed by atoms with Crippen LogP contribution in [-0.2, 0) is 15.1 Å². The van der Waals surface area contributed by atoms with E-state index in [9.17, 15) is 14.4 Å². The molecule has 1 unspecified atom stereocenters. The van der Waals surface area contributed by atoms with E-state index in [0.29, 0.717) is 21.3 Å². The molecule has 2 aromatic rings. The average Bonchev–Trinajstić information content (AvgIpc) is 2.82. The molecule has 1 aliphatic rings. The average molecular weight is 427 g/mol. The van der Waals surface area contributed by atoms with E-state index in [2.05, 4.69) is 10.6 Å². The Morgan fingerprint density at radius 3 is 2.33 bits per heavy atom. The zero-order chi connectivity index (χ0) is 19.8. The summed E-state index contributed by atoms with van der Waals surface area (Å²) in [5.74, 6) is -1.10. The minimum absolute atomic E-state index is 0.249. The summed E-state index contributed by atoms with van der Waals surface area (Å²) in [6.45, 7) is 1.12. The van der Waals surface area contributed by atoms with Crippen molar-refractivity contribution < 1.29 is 14.4 Å². The molecule has 2 aromatic carbocycles. The third kappa shape index (κ3) is 3.88. The Bertz CT molecular complexity index is 933. The Labute approximate surface area is 170 Å². The zero-order valence-electron chi connectivity index (χ0n) is 14.1. The molecule has 1 aliphatic heterocycles. The molecule has 1 atom stereocenters. The topological polar surface area (TPSA) is 78.5 Å². The number of hydrogen-bond acceptors (Lipinski definition) is 3. The lowest BCUT2D eigenvalue weighted by atomic mass is 9.92. The van der Waals surface area contributed by atoms with Gasteiger partial charge in [-0.25, -0.2) is 4.79 Å². The van der Waals surface area contributed by atoms with E-state index < -0.39 is 29.9 Å². The van der Waals surface area contributed by atoms with Crippen LogP contribution in [0.4, 0.5) is 10.5 Å². The van der Waals surface area contributed by atoms with Crippen LogP contribution in [0.15, 0.2) is 42.5 Å². The number of urea groups is 1. The highest BCUT2D eigenvalue weighted by atomic mass is 35.5. The molecule has 1 saturated heterocycles. The zero-order valence-corrected chi connectivity index (χ0v) is 16.3. The predicted molar refractivity (Wildman–Crippen MR) is 104 cm³/mol. The summed E-state index contributed by atoms with van der Waals surface area (Å²) in [6, 6.07) is 10.5. The molecular formula is C18H14Cl3N3O3. The van der Waals surface area contributed by atoms with E-state index in [4.69, 9.17) is 34.8 Å². The summed E-state index contributed by atoms with van der Waals surface area (Å²) in [6.07, 6.45) is 0. The van der Waals surface area contributed by atoms with E-state index in [1.165, 1.54) is 12.1 Å². The van der Waals surface area contributed by atoms with Gasteiger partial charge in [0.2, 0.25) is 5.91 Å². The molecule has 9 heteroatoms. The van der Waals surface area contributed by atoms with Crippen molar-refractivity contribution in [3.8, 4) is 0 Å². The Morgan fingerprint density at radius 2 is 1.70 bits per heavy atom. The molecule has 1 heterocycles. The van der Waals surface area contributed by atoms with Crippen molar-refractivity contribution >= 4 is 58.3 Å². The fourth-order valence-electron chi connectivity index (χ4n) is 2.74. The molecule has 27 heavy (non-hydrogen) atoms. The van der Waals surface area contributed by atoms with Gasteiger partial charge in [-0.1, -0.05) is 46.9 Å². The van der Waals surface area contributed by atoms with Crippen LogP contribution in [0.5, 0.6) is 0 Å². The van der Waals surface area contributed by atoms with E-state index >= 15 is 0 Å². The number of anilines is 1. The molecule has 0 aromatic heterocycles. The molecule has 0 saturated carbocycles. The van der Waals surface area contributed by atoms with E-state index in [0.717, 1.165) is 4.90 Å². The van der Waals surface area contributed by atoms with Crippen molar-refractivity contribution in [3.05, 3.63) is 63.1 Å². The van der Waals surface area contributed by atoms with Crippen LogP contribution in [0.2, 0.25) is 15.1 Å². The standard InChI is InChI=1S/C18H14Cl3N3O3/c1-18(10-2-4-11(19)5-3-10)16(26)24(17(27)23-18)9-15(25)22-14-7-6-12(20)8-13(14)21/h2-8H,9H2,1H3,(H,22,25)(H,23,27). The number of benzene rings is 2. The van der Waals surface area contributed by atoms with Crippen molar-refractivity contribution in [2.45, 2.75) is 12.5 Å². The first kappa shape index (κ1) is 19.5. The second kappa shape index (κ2) is 7.38. The van der Waals surface area contributed by atoms with Gasteiger partial charge in [-0.05, 0) is 42.8 Å². The van der Waals surface area contributed by atoms with Gasteiger partial charge < -0.3 is 10.6 Å². The number of halogens is 3. The lowest BCUT2D eigenvalue weighted by Gasteiger charge is -2.22. The quantitative estimate of drug-likeness (QED) is 0.724. The van der Waals surface area contributed by atoms with Crippen LogP contribution in [0.25, 0.3) is 0 Å². The van der Waals surface area contributed by atoms with Crippen molar-refractivity contribution in [1.29, 1.82) is 0 Å². The highest BCUT2D eigenvalue weighted by Gasteiger charge is 2.49. The smallest absolute Gasteiger partial charge is 0.323 e. The van der Waals surface area contributed by atoms with Gasteiger partial charge in [0.25, 0.3) is 5.91 Å². The maximum Gasteiger partial charge on any atom is 0.325 e. The lowest BCUT2D eigenvalue weighted by molar-refractivity contribution is -0.133. The first-order valence-electron chi connectivity index (χ1n) is 7.86. The SMILES string of the molecule is CC1(c2ccc(Cl)cc2)NC(=O)N(CC(=O)Nc2ccc(Cl)cc2Cl)C1=O. The van der Waals surface area contributed by atoms with Crippen molar-refractivity contribution in [2.24, 2.45) is 0 Å². The minimum Gasteiger partial charge on any atom is -0.323 e. The van der Waals surface area contributed by atoms with E-state index in [-0.39, 0.29) is 5.02 Å².